The Bertz CT molecular complexity index is 383. The maximum absolute atomic E-state index is 9.82. The molecule has 1 N–H and O–H groups in total. The van der Waals surface area contributed by atoms with Crippen LogP contribution in [0, 0.1) is 6.92 Å². The first-order valence-corrected chi connectivity index (χ1v) is 4.55. The third-order valence-electron chi connectivity index (χ3n) is 1.79. The first-order chi connectivity index (χ1) is 6.29. The van der Waals surface area contributed by atoms with E-state index in [1.807, 2.05) is 6.92 Å². The average molecular weight is 196 g/mol. The molecule has 0 aliphatic rings. The Morgan fingerprint density at radius 3 is 3.00 bits per heavy atom. The van der Waals surface area contributed by atoms with Crippen LogP contribution in [0.1, 0.15) is 22.2 Å². The third-order valence-corrected chi connectivity index (χ3v) is 2.67. The van der Waals surface area contributed by atoms with Gasteiger partial charge in [-0.25, -0.2) is 0 Å². The number of hydrogen-bond acceptors (Lipinski definition) is 5. The predicted molar refractivity (Wildman–Crippen MR) is 47.4 cm³/mol. The van der Waals surface area contributed by atoms with Gasteiger partial charge in [-0.2, -0.15) is 0 Å². The van der Waals surface area contributed by atoms with Crippen molar-refractivity contribution in [3.63, 3.8) is 0 Å². The highest BCUT2D eigenvalue weighted by Gasteiger charge is 2.16. The van der Waals surface area contributed by atoms with E-state index in [2.05, 4.69) is 9.59 Å². The van der Waals surface area contributed by atoms with Crippen molar-refractivity contribution >= 4 is 11.5 Å². The molecule has 0 amide bonds. The number of hydrogen-bond donors (Lipinski definition) is 1. The van der Waals surface area contributed by atoms with E-state index in [1.165, 1.54) is 24.1 Å². The number of aryl methyl sites for hydroxylation is 1. The van der Waals surface area contributed by atoms with Crippen LogP contribution >= 0.6 is 11.5 Å². The number of rotatable bonds is 2. The molecule has 0 radical (unpaired) electrons. The fourth-order valence-electron chi connectivity index (χ4n) is 1.07. The molecule has 2 aromatic heterocycles. The van der Waals surface area contributed by atoms with E-state index in [0.717, 1.165) is 16.1 Å². The standard InChI is InChI=1S/C8H8N2O2S/c1-5-8(13-10-9-5)7(11)6-2-3-12-4-6/h2-4,7,11H,1H3. The van der Waals surface area contributed by atoms with Crippen LogP contribution < -0.4 is 0 Å². The quantitative estimate of drug-likeness (QED) is 0.791. The summed E-state index contributed by atoms with van der Waals surface area (Å²) in [6.45, 7) is 1.82. The highest BCUT2D eigenvalue weighted by Crippen LogP contribution is 2.26. The van der Waals surface area contributed by atoms with Gasteiger partial charge < -0.3 is 9.52 Å². The van der Waals surface area contributed by atoms with Gasteiger partial charge in [-0.15, -0.1) is 5.10 Å². The maximum atomic E-state index is 9.82. The zero-order valence-corrected chi connectivity index (χ0v) is 7.78. The zero-order chi connectivity index (χ0) is 9.26. The van der Waals surface area contributed by atoms with Gasteiger partial charge in [0.25, 0.3) is 0 Å². The summed E-state index contributed by atoms with van der Waals surface area (Å²) in [5.74, 6) is 0. The van der Waals surface area contributed by atoms with Crippen LogP contribution in [0.15, 0.2) is 23.0 Å². The minimum atomic E-state index is -0.668. The number of furan rings is 1. The highest BCUT2D eigenvalue weighted by molar-refractivity contribution is 7.05. The van der Waals surface area contributed by atoms with E-state index < -0.39 is 6.10 Å². The van der Waals surface area contributed by atoms with Crippen molar-refractivity contribution in [3.05, 3.63) is 34.7 Å². The molecule has 0 aromatic carbocycles. The number of nitrogens with zero attached hydrogens (tertiary/aromatic N) is 2. The molecule has 0 aliphatic heterocycles. The summed E-state index contributed by atoms with van der Waals surface area (Å²) in [6, 6.07) is 1.73. The van der Waals surface area contributed by atoms with Crippen LogP contribution in [0.5, 0.6) is 0 Å². The van der Waals surface area contributed by atoms with Crippen molar-refractivity contribution in [2.75, 3.05) is 0 Å². The van der Waals surface area contributed by atoms with Crippen LogP contribution in [0.25, 0.3) is 0 Å². The molecule has 1 atom stereocenters. The fraction of sp³-hybridized carbons (Fsp3) is 0.250. The number of aromatic nitrogens is 2. The molecule has 4 nitrogen and oxygen atoms in total. The lowest BCUT2D eigenvalue weighted by molar-refractivity contribution is 0.222. The molecule has 0 bridgehead atoms. The van der Waals surface area contributed by atoms with Gasteiger partial charge in [-0.05, 0) is 24.5 Å². The van der Waals surface area contributed by atoms with Gasteiger partial charge in [0.15, 0.2) is 0 Å². The van der Waals surface area contributed by atoms with Crippen molar-refractivity contribution in [1.82, 2.24) is 9.59 Å². The first kappa shape index (κ1) is 8.40. The zero-order valence-electron chi connectivity index (χ0n) is 6.97. The van der Waals surface area contributed by atoms with Crippen molar-refractivity contribution in [2.45, 2.75) is 13.0 Å². The SMILES string of the molecule is Cc1nnsc1C(O)c1ccoc1. The fourth-order valence-corrected chi connectivity index (χ4v) is 1.73. The van der Waals surface area contributed by atoms with Crippen LogP contribution in [0.3, 0.4) is 0 Å². The molecule has 5 heteroatoms. The summed E-state index contributed by atoms with van der Waals surface area (Å²) in [5, 5.41) is 13.6. The highest BCUT2D eigenvalue weighted by atomic mass is 32.1. The minimum Gasteiger partial charge on any atom is -0.472 e. The first-order valence-electron chi connectivity index (χ1n) is 3.78. The summed E-state index contributed by atoms with van der Waals surface area (Å²) < 4.78 is 8.63. The molecule has 68 valence electrons. The second kappa shape index (κ2) is 3.27. The summed E-state index contributed by atoms with van der Waals surface area (Å²) in [6.07, 6.45) is 2.38. The van der Waals surface area contributed by atoms with Gasteiger partial charge in [0.2, 0.25) is 0 Å². The lowest BCUT2D eigenvalue weighted by Crippen LogP contribution is -1.96. The van der Waals surface area contributed by atoms with E-state index in [9.17, 15) is 5.11 Å². The van der Waals surface area contributed by atoms with Crippen molar-refractivity contribution in [3.8, 4) is 0 Å². The second-order valence-corrected chi connectivity index (χ2v) is 3.47. The van der Waals surface area contributed by atoms with E-state index in [4.69, 9.17) is 4.42 Å². The van der Waals surface area contributed by atoms with Gasteiger partial charge in [-0.3, -0.25) is 0 Å². The Morgan fingerprint density at radius 2 is 2.46 bits per heavy atom. The van der Waals surface area contributed by atoms with Gasteiger partial charge in [-0.1, -0.05) is 4.49 Å². The van der Waals surface area contributed by atoms with E-state index >= 15 is 0 Å². The Kier molecular flexibility index (Phi) is 2.12. The van der Waals surface area contributed by atoms with Gasteiger partial charge in [0.1, 0.15) is 6.10 Å². The Balaban J connectivity index is 2.33. The molecule has 0 saturated carbocycles. The maximum Gasteiger partial charge on any atom is 0.120 e. The molecule has 13 heavy (non-hydrogen) atoms. The largest absolute Gasteiger partial charge is 0.472 e. The molecule has 0 saturated heterocycles. The molecule has 0 spiro atoms. The van der Waals surface area contributed by atoms with Crippen LogP contribution in [-0.2, 0) is 0 Å². The lowest BCUT2D eigenvalue weighted by atomic mass is 10.1. The summed E-state index contributed by atoms with van der Waals surface area (Å²) in [4.78, 5) is 0.765. The monoisotopic (exact) mass is 196 g/mol. The van der Waals surface area contributed by atoms with Gasteiger partial charge >= 0.3 is 0 Å². The molecular weight excluding hydrogens is 188 g/mol. The molecule has 0 aliphatic carbocycles. The summed E-state index contributed by atoms with van der Waals surface area (Å²) in [5.41, 5.74) is 1.49. The Hall–Kier alpha value is -1.20. The van der Waals surface area contributed by atoms with Crippen LogP contribution in [0.2, 0.25) is 0 Å². The van der Waals surface area contributed by atoms with Gasteiger partial charge in [0.05, 0.1) is 23.1 Å². The average Bonchev–Trinajstić information content (AvgIpc) is 2.72. The topological polar surface area (TPSA) is 59.2 Å². The molecule has 2 rings (SSSR count). The van der Waals surface area contributed by atoms with E-state index in [1.54, 1.807) is 6.07 Å². The molecule has 0 fully saturated rings. The molecular formula is C8H8N2O2S. The van der Waals surface area contributed by atoms with Gasteiger partial charge in [0, 0.05) is 5.56 Å². The van der Waals surface area contributed by atoms with Crippen molar-refractivity contribution in [1.29, 1.82) is 0 Å². The predicted octanol–water partition coefficient (Wildman–Crippen LogP) is 1.52. The summed E-state index contributed by atoms with van der Waals surface area (Å²) in [7, 11) is 0. The molecule has 1 unspecified atom stereocenters. The van der Waals surface area contributed by atoms with Crippen LogP contribution in [-0.4, -0.2) is 14.7 Å². The Morgan fingerprint density at radius 1 is 1.62 bits per heavy atom. The van der Waals surface area contributed by atoms with Crippen LogP contribution in [0.4, 0.5) is 0 Å². The van der Waals surface area contributed by atoms with Crippen molar-refractivity contribution < 1.29 is 9.52 Å². The molecule has 2 aromatic rings. The van der Waals surface area contributed by atoms with Crippen molar-refractivity contribution in [2.24, 2.45) is 0 Å². The second-order valence-electron chi connectivity index (χ2n) is 2.68. The number of aliphatic hydroxyl groups excluding tert-OH is 1. The molecule has 2 heterocycles. The smallest absolute Gasteiger partial charge is 0.120 e. The number of aliphatic hydroxyl groups is 1. The Labute approximate surface area is 79.0 Å². The lowest BCUT2D eigenvalue weighted by Gasteiger charge is -2.04. The third kappa shape index (κ3) is 1.48. The van der Waals surface area contributed by atoms with E-state index in [0.29, 0.717) is 0 Å². The minimum absolute atomic E-state index is 0.668. The summed E-state index contributed by atoms with van der Waals surface area (Å²) >= 11 is 1.20. The van der Waals surface area contributed by atoms with E-state index in [-0.39, 0.29) is 0 Å². The normalized spacial score (nSPS) is 13.1.